The highest BCUT2D eigenvalue weighted by molar-refractivity contribution is 6.46. The number of hydrogen-bond donors (Lipinski definition) is 0. The SMILES string of the molecule is Clc1ccc2c(Cl)cc(C3CCCC3)nc2c1Cl. The van der Waals surface area contributed by atoms with Crippen molar-refractivity contribution in [2.24, 2.45) is 0 Å². The van der Waals surface area contributed by atoms with Crippen LogP contribution in [0.5, 0.6) is 0 Å². The van der Waals surface area contributed by atoms with Crippen LogP contribution in [-0.2, 0) is 0 Å². The molecule has 1 heterocycles. The Hall–Kier alpha value is -0.500. The first kappa shape index (κ1) is 12.5. The number of fused-ring (bicyclic) bond motifs is 1. The van der Waals surface area contributed by atoms with Crippen molar-refractivity contribution in [2.75, 3.05) is 0 Å². The van der Waals surface area contributed by atoms with Crippen LogP contribution >= 0.6 is 34.8 Å². The fraction of sp³-hybridized carbons (Fsp3) is 0.357. The Morgan fingerprint density at radius 1 is 1.00 bits per heavy atom. The van der Waals surface area contributed by atoms with Crippen molar-refractivity contribution in [1.29, 1.82) is 0 Å². The highest BCUT2D eigenvalue weighted by atomic mass is 35.5. The van der Waals surface area contributed by atoms with E-state index in [9.17, 15) is 0 Å². The van der Waals surface area contributed by atoms with Crippen LogP contribution in [0.15, 0.2) is 18.2 Å². The molecule has 1 aromatic heterocycles. The van der Waals surface area contributed by atoms with Gasteiger partial charge in [0.1, 0.15) is 0 Å². The van der Waals surface area contributed by atoms with Gasteiger partial charge in [0.25, 0.3) is 0 Å². The monoisotopic (exact) mass is 299 g/mol. The highest BCUT2D eigenvalue weighted by Crippen LogP contribution is 2.38. The summed E-state index contributed by atoms with van der Waals surface area (Å²) in [5.41, 5.74) is 1.77. The molecular formula is C14H12Cl3N. The molecule has 0 radical (unpaired) electrons. The Morgan fingerprint density at radius 2 is 1.72 bits per heavy atom. The van der Waals surface area contributed by atoms with E-state index in [1.165, 1.54) is 25.7 Å². The number of benzene rings is 1. The summed E-state index contributed by atoms with van der Waals surface area (Å²) in [6.45, 7) is 0. The fourth-order valence-electron chi connectivity index (χ4n) is 2.64. The Kier molecular flexibility index (Phi) is 3.40. The van der Waals surface area contributed by atoms with Crippen LogP contribution in [-0.4, -0.2) is 4.98 Å². The number of rotatable bonds is 1. The van der Waals surface area contributed by atoms with Gasteiger partial charge in [-0.15, -0.1) is 0 Å². The average molecular weight is 301 g/mol. The Balaban J connectivity index is 2.21. The molecule has 1 saturated carbocycles. The molecular weight excluding hydrogens is 289 g/mol. The molecule has 0 amide bonds. The maximum atomic E-state index is 6.32. The second kappa shape index (κ2) is 4.88. The Labute approximate surface area is 121 Å². The predicted octanol–water partition coefficient (Wildman–Crippen LogP) is 5.85. The lowest BCUT2D eigenvalue weighted by Gasteiger charge is -2.12. The van der Waals surface area contributed by atoms with E-state index in [2.05, 4.69) is 4.98 Å². The fourth-order valence-corrected chi connectivity index (χ4v) is 3.27. The zero-order chi connectivity index (χ0) is 12.7. The zero-order valence-corrected chi connectivity index (χ0v) is 12.0. The van der Waals surface area contributed by atoms with Crippen LogP contribution in [0.2, 0.25) is 15.1 Å². The largest absolute Gasteiger partial charge is 0.251 e. The predicted molar refractivity (Wildman–Crippen MR) is 78.0 cm³/mol. The van der Waals surface area contributed by atoms with Gasteiger partial charge < -0.3 is 0 Å². The van der Waals surface area contributed by atoms with Gasteiger partial charge in [0.15, 0.2) is 0 Å². The van der Waals surface area contributed by atoms with Crippen LogP contribution in [0.25, 0.3) is 10.9 Å². The van der Waals surface area contributed by atoms with Gasteiger partial charge in [-0.2, -0.15) is 0 Å². The van der Waals surface area contributed by atoms with Crippen molar-refractivity contribution in [1.82, 2.24) is 4.98 Å². The molecule has 0 aliphatic heterocycles. The molecule has 3 rings (SSSR count). The maximum Gasteiger partial charge on any atom is 0.0921 e. The quantitative estimate of drug-likeness (QED) is 0.643. The Morgan fingerprint density at radius 3 is 2.44 bits per heavy atom. The van der Waals surface area contributed by atoms with Gasteiger partial charge in [0.05, 0.1) is 20.6 Å². The lowest BCUT2D eigenvalue weighted by molar-refractivity contribution is 0.701. The lowest BCUT2D eigenvalue weighted by atomic mass is 10.0. The van der Waals surface area contributed by atoms with Crippen molar-refractivity contribution in [3.05, 3.63) is 39.0 Å². The second-order valence-corrected chi connectivity index (χ2v) is 5.96. The lowest BCUT2D eigenvalue weighted by Crippen LogP contribution is -1.97. The van der Waals surface area contributed by atoms with Gasteiger partial charge in [-0.1, -0.05) is 47.6 Å². The van der Waals surface area contributed by atoms with Crippen LogP contribution in [0.4, 0.5) is 0 Å². The minimum Gasteiger partial charge on any atom is -0.251 e. The molecule has 1 fully saturated rings. The average Bonchev–Trinajstić information content (AvgIpc) is 2.88. The van der Waals surface area contributed by atoms with Crippen LogP contribution < -0.4 is 0 Å². The molecule has 1 nitrogen and oxygen atoms in total. The van der Waals surface area contributed by atoms with Gasteiger partial charge in [-0.25, -0.2) is 0 Å². The van der Waals surface area contributed by atoms with Crippen molar-refractivity contribution in [2.45, 2.75) is 31.6 Å². The minimum atomic E-state index is 0.496. The van der Waals surface area contributed by atoms with Crippen LogP contribution in [0.1, 0.15) is 37.3 Å². The molecule has 1 aliphatic rings. The molecule has 0 atom stereocenters. The summed E-state index contributed by atoms with van der Waals surface area (Å²) in [6.07, 6.45) is 4.91. The number of nitrogens with zero attached hydrogens (tertiary/aromatic N) is 1. The summed E-state index contributed by atoms with van der Waals surface area (Å²) in [7, 11) is 0. The molecule has 1 aliphatic carbocycles. The van der Waals surface area contributed by atoms with E-state index in [1.54, 1.807) is 6.07 Å². The maximum absolute atomic E-state index is 6.32. The summed E-state index contributed by atoms with van der Waals surface area (Å²) in [5.74, 6) is 0.516. The second-order valence-electron chi connectivity index (χ2n) is 4.77. The van der Waals surface area contributed by atoms with E-state index >= 15 is 0 Å². The van der Waals surface area contributed by atoms with Crippen molar-refractivity contribution < 1.29 is 0 Å². The molecule has 0 unspecified atom stereocenters. The topological polar surface area (TPSA) is 12.9 Å². The molecule has 0 bridgehead atoms. The van der Waals surface area contributed by atoms with Gasteiger partial charge in [-0.3, -0.25) is 4.98 Å². The summed E-state index contributed by atoms with van der Waals surface area (Å²) < 4.78 is 0. The summed E-state index contributed by atoms with van der Waals surface area (Å²) >= 11 is 18.6. The van der Waals surface area contributed by atoms with Gasteiger partial charge in [0, 0.05) is 17.0 Å². The smallest absolute Gasteiger partial charge is 0.0921 e. The number of aromatic nitrogens is 1. The normalized spacial score (nSPS) is 16.6. The first-order chi connectivity index (χ1) is 8.66. The number of pyridine rings is 1. The van der Waals surface area contributed by atoms with E-state index in [0.29, 0.717) is 21.0 Å². The van der Waals surface area contributed by atoms with E-state index in [0.717, 1.165) is 16.6 Å². The summed E-state index contributed by atoms with van der Waals surface area (Å²) in [6, 6.07) is 5.61. The van der Waals surface area contributed by atoms with Crippen molar-refractivity contribution in [3.63, 3.8) is 0 Å². The molecule has 4 heteroatoms. The van der Waals surface area contributed by atoms with E-state index in [1.807, 2.05) is 12.1 Å². The standard InChI is InChI=1S/C14H12Cl3N/c15-10-6-5-9-11(16)7-12(8-3-1-2-4-8)18-14(9)13(10)17/h5-8H,1-4H2. The third kappa shape index (κ3) is 2.09. The van der Waals surface area contributed by atoms with Crippen LogP contribution in [0.3, 0.4) is 0 Å². The molecule has 1 aromatic carbocycles. The molecule has 0 spiro atoms. The van der Waals surface area contributed by atoms with E-state index in [-0.39, 0.29) is 0 Å². The highest BCUT2D eigenvalue weighted by Gasteiger charge is 2.20. The van der Waals surface area contributed by atoms with E-state index < -0.39 is 0 Å². The number of halogens is 3. The van der Waals surface area contributed by atoms with Crippen molar-refractivity contribution >= 4 is 45.7 Å². The summed E-state index contributed by atoms with van der Waals surface area (Å²) in [4.78, 5) is 4.68. The molecule has 18 heavy (non-hydrogen) atoms. The van der Waals surface area contributed by atoms with E-state index in [4.69, 9.17) is 34.8 Å². The van der Waals surface area contributed by atoms with Gasteiger partial charge >= 0.3 is 0 Å². The Bertz CT molecular complexity index is 604. The third-order valence-corrected chi connectivity index (χ3v) is 4.72. The zero-order valence-electron chi connectivity index (χ0n) is 9.72. The first-order valence-corrected chi connectivity index (χ1v) is 7.24. The number of hydrogen-bond acceptors (Lipinski definition) is 1. The molecule has 94 valence electrons. The first-order valence-electron chi connectivity index (χ1n) is 6.11. The van der Waals surface area contributed by atoms with Gasteiger partial charge in [-0.05, 0) is 31.0 Å². The third-order valence-electron chi connectivity index (χ3n) is 3.62. The summed E-state index contributed by atoms with van der Waals surface area (Å²) in [5, 5.41) is 2.60. The molecule has 0 N–H and O–H groups in total. The molecule has 0 saturated heterocycles. The van der Waals surface area contributed by atoms with Crippen LogP contribution in [0, 0.1) is 0 Å². The van der Waals surface area contributed by atoms with Gasteiger partial charge in [0.2, 0.25) is 0 Å². The minimum absolute atomic E-state index is 0.496. The van der Waals surface area contributed by atoms with Crippen molar-refractivity contribution in [3.8, 4) is 0 Å². The molecule has 2 aromatic rings.